The van der Waals surface area contributed by atoms with E-state index in [4.69, 9.17) is 23.2 Å². The maximum absolute atomic E-state index is 12.8. The van der Waals surface area contributed by atoms with E-state index >= 15 is 0 Å². The summed E-state index contributed by atoms with van der Waals surface area (Å²) in [5, 5.41) is 16.9. The van der Waals surface area contributed by atoms with Gasteiger partial charge in [-0.25, -0.2) is 0 Å². The molecule has 2 aromatic rings. The normalized spacial score (nSPS) is 12.9. The SMILES string of the molecule is CC(NC(=O)C(NC(=O)c1ccc([N+](=O)[O-])cc1Cl)C(C)C)c1ccc(Cl)cc1. The highest BCUT2D eigenvalue weighted by atomic mass is 35.5. The summed E-state index contributed by atoms with van der Waals surface area (Å²) in [6.07, 6.45) is 0. The third-order valence-corrected chi connectivity index (χ3v) is 4.94. The molecule has 154 valence electrons. The van der Waals surface area contributed by atoms with Crippen molar-refractivity contribution in [2.24, 2.45) is 5.92 Å². The highest BCUT2D eigenvalue weighted by Gasteiger charge is 2.27. The maximum atomic E-state index is 12.8. The predicted octanol–water partition coefficient (Wildman–Crippen LogP) is 4.53. The number of rotatable bonds is 7. The van der Waals surface area contributed by atoms with Crippen molar-refractivity contribution in [2.45, 2.75) is 32.9 Å². The molecule has 2 amide bonds. The van der Waals surface area contributed by atoms with E-state index in [2.05, 4.69) is 10.6 Å². The van der Waals surface area contributed by atoms with Gasteiger partial charge in [-0.2, -0.15) is 0 Å². The summed E-state index contributed by atoms with van der Waals surface area (Å²) in [6, 6.07) is 9.54. The number of hydrogen-bond acceptors (Lipinski definition) is 4. The molecular weight excluding hydrogens is 417 g/mol. The van der Waals surface area contributed by atoms with E-state index in [0.717, 1.165) is 11.6 Å². The first-order valence-corrected chi connectivity index (χ1v) is 9.66. The van der Waals surface area contributed by atoms with Crippen LogP contribution >= 0.6 is 23.2 Å². The summed E-state index contributed by atoms with van der Waals surface area (Å²) in [5.41, 5.74) is 0.706. The quantitative estimate of drug-likeness (QED) is 0.490. The Morgan fingerprint density at radius 3 is 2.14 bits per heavy atom. The second kappa shape index (κ2) is 9.71. The molecule has 7 nitrogen and oxygen atoms in total. The molecule has 2 atom stereocenters. The highest BCUT2D eigenvalue weighted by Crippen LogP contribution is 2.23. The van der Waals surface area contributed by atoms with Crippen LogP contribution in [0.5, 0.6) is 0 Å². The van der Waals surface area contributed by atoms with Gasteiger partial charge in [0, 0.05) is 17.2 Å². The summed E-state index contributed by atoms with van der Waals surface area (Å²) in [7, 11) is 0. The Morgan fingerprint density at radius 2 is 1.62 bits per heavy atom. The van der Waals surface area contributed by atoms with Gasteiger partial charge in [0.2, 0.25) is 5.91 Å². The molecule has 0 radical (unpaired) electrons. The topological polar surface area (TPSA) is 101 Å². The number of nitro groups is 1. The number of benzene rings is 2. The number of halogens is 2. The summed E-state index contributed by atoms with van der Waals surface area (Å²) in [4.78, 5) is 35.6. The Morgan fingerprint density at radius 1 is 1.00 bits per heavy atom. The third-order valence-electron chi connectivity index (χ3n) is 4.37. The summed E-state index contributed by atoms with van der Waals surface area (Å²) >= 11 is 11.9. The zero-order valence-electron chi connectivity index (χ0n) is 16.1. The van der Waals surface area contributed by atoms with Gasteiger partial charge in [0.15, 0.2) is 0 Å². The number of nitro benzene ring substituents is 1. The Kier molecular flexibility index (Phi) is 7.59. The highest BCUT2D eigenvalue weighted by molar-refractivity contribution is 6.34. The van der Waals surface area contributed by atoms with E-state index in [9.17, 15) is 19.7 Å². The van der Waals surface area contributed by atoms with Crippen molar-refractivity contribution in [3.63, 3.8) is 0 Å². The van der Waals surface area contributed by atoms with Crippen LogP contribution in [0.4, 0.5) is 5.69 Å². The molecule has 0 aliphatic carbocycles. The Balaban J connectivity index is 2.12. The minimum Gasteiger partial charge on any atom is -0.348 e. The van der Waals surface area contributed by atoms with Crippen molar-refractivity contribution in [2.75, 3.05) is 0 Å². The lowest BCUT2D eigenvalue weighted by Gasteiger charge is -2.24. The number of amides is 2. The third kappa shape index (κ3) is 5.92. The molecule has 29 heavy (non-hydrogen) atoms. The van der Waals surface area contributed by atoms with Gasteiger partial charge in [-0.3, -0.25) is 19.7 Å². The molecule has 0 saturated heterocycles. The van der Waals surface area contributed by atoms with Gasteiger partial charge in [-0.15, -0.1) is 0 Å². The van der Waals surface area contributed by atoms with E-state index in [1.165, 1.54) is 12.1 Å². The molecule has 0 spiro atoms. The summed E-state index contributed by atoms with van der Waals surface area (Å²) < 4.78 is 0. The van der Waals surface area contributed by atoms with Crippen molar-refractivity contribution in [3.05, 3.63) is 73.8 Å². The average Bonchev–Trinajstić information content (AvgIpc) is 2.65. The van der Waals surface area contributed by atoms with Gasteiger partial charge in [0.25, 0.3) is 11.6 Å². The van der Waals surface area contributed by atoms with E-state index < -0.39 is 16.9 Å². The van der Waals surface area contributed by atoms with E-state index in [1.807, 2.05) is 19.1 Å². The van der Waals surface area contributed by atoms with Crippen LogP contribution in [0.25, 0.3) is 0 Å². The number of carbonyl (C=O) groups is 2. The smallest absolute Gasteiger partial charge is 0.270 e. The van der Waals surface area contributed by atoms with Crippen LogP contribution in [0.15, 0.2) is 42.5 Å². The first-order chi connectivity index (χ1) is 13.6. The van der Waals surface area contributed by atoms with E-state index in [1.54, 1.807) is 26.0 Å². The summed E-state index contributed by atoms with van der Waals surface area (Å²) in [6.45, 7) is 5.43. The van der Waals surface area contributed by atoms with Gasteiger partial charge in [-0.1, -0.05) is 49.2 Å². The van der Waals surface area contributed by atoms with Gasteiger partial charge < -0.3 is 10.6 Å². The van der Waals surface area contributed by atoms with Gasteiger partial charge in [-0.05, 0) is 36.6 Å². The molecule has 0 heterocycles. The van der Waals surface area contributed by atoms with Crippen LogP contribution in [0, 0.1) is 16.0 Å². The zero-order valence-corrected chi connectivity index (χ0v) is 17.6. The minimum absolute atomic E-state index is 0.0569. The van der Waals surface area contributed by atoms with Crippen LogP contribution in [-0.4, -0.2) is 22.8 Å². The number of carbonyl (C=O) groups excluding carboxylic acids is 2. The monoisotopic (exact) mass is 437 g/mol. The Hall–Kier alpha value is -2.64. The number of non-ortho nitro benzene ring substituents is 1. The molecule has 0 fully saturated rings. The lowest BCUT2D eigenvalue weighted by atomic mass is 10.0. The molecule has 0 aliphatic heterocycles. The molecular formula is C20H21Cl2N3O4. The standard InChI is InChI=1S/C20H21Cl2N3O4/c1-11(2)18(20(27)23-12(3)13-4-6-14(21)7-5-13)24-19(26)16-9-8-15(25(28)29)10-17(16)22/h4-12,18H,1-3H3,(H,23,27)(H,24,26). The van der Waals surface area contributed by atoms with Crippen LogP contribution < -0.4 is 10.6 Å². The molecule has 0 aliphatic rings. The largest absolute Gasteiger partial charge is 0.348 e. The van der Waals surface area contributed by atoms with Gasteiger partial charge in [0.1, 0.15) is 6.04 Å². The second-order valence-corrected chi connectivity index (χ2v) is 7.74. The zero-order chi connectivity index (χ0) is 21.7. The molecule has 2 N–H and O–H groups in total. The average molecular weight is 438 g/mol. The van der Waals surface area contributed by atoms with Crippen LogP contribution in [0.2, 0.25) is 10.0 Å². The first-order valence-electron chi connectivity index (χ1n) is 8.90. The van der Waals surface area contributed by atoms with Crippen molar-refractivity contribution in [3.8, 4) is 0 Å². The molecule has 2 unspecified atom stereocenters. The lowest BCUT2D eigenvalue weighted by molar-refractivity contribution is -0.384. The number of hydrogen-bond donors (Lipinski definition) is 2. The van der Waals surface area contributed by atoms with E-state index in [-0.39, 0.29) is 34.1 Å². The maximum Gasteiger partial charge on any atom is 0.270 e. The Labute approximate surface area is 178 Å². The predicted molar refractivity (Wildman–Crippen MR) is 112 cm³/mol. The van der Waals surface area contributed by atoms with Crippen molar-refractivity contribution in [1.82, 2.24) is 10.6 Å². The van der Waals surface area contributed by atoms with Crippen LogP contribution in [0.3, 0.4) is 0 Å². The fourth-order valence-corrected chi connectivity index (χ4v) is 3.08. The molecule has 0 aromatic heterocycles. The van der Waals surface area contributed by atoms with Crippen LogP contribution in [0.1, 0.15) is 42.7 Å². The molecule has 9 heteroatoms. The molecule has 0 saturated carbocycles. The summed E-state index contributed by atoms with van der Waals surface area (Å²) in [5.74, 6) is -1.14. The molecule has 2 aromatic carbocycles. The van der Waals surface area contributed by atoms with Crippen molar-refractivity contribution in [1.29, 1.82) is 0 Å². The van der Waals surface area contributed by atoms with Crippen molar-refractivity contribution >= 4 is 40.7 Å². The Bertz CT molecular complexity index is 916. The van der Waals surface area contributed by atoms with Gasteiger partial charge >= 0.3 is 0 Å². The fraction of sp³-hybridized carbons (Fsp3) is 0.300. The number of nitrogens with one attached hydrogen (secondary N) is 2. The molecule has 0 bridgehead atoms. The lowest BCUT2D eigenvalue weighted by Crippen LogP contribution is -2.50. The van der Waals surface area contributed by atoms with E-state index in [0.29, 0.717) is 5.02 Å². The minimum atomic E-state index is -0.816. The fourth-order valence-electron chi connectivity index (χ4n) is 2.69. The first kappa shape index (κ1) is 22.6. The van der Waals surface area contributed by atoms with Crippen molar-refractivity contribution < 1.29 is 14.5 Å². The van der Waals surface area contributed by atoms with Crippen LogP contribution in [-0.2, 0) is 4.79 Å². The number of nitrogens with zero attached hydrogens (tertiary/aromatic N) is 1. The second-order valence-electron chi connectivity index (χ2n) is 6.90. The molecule has 2 rings (SSSR count). The van der Waals surface area contributed by atoms with Gasteiger partial charge in [0.05, 0.1) is 21.6 Å².